The minimum atomic E-state index is -0.291. The lowest BCUT2D eigenvalue weighted by atomic mass is 9.91. The van der Waals surface area contributed by atoms with Gasteiger partial charge in [-0.05, 0) is 17.5 Å². The monoisotopic (exact) mass is 264 g/mol. The van der Waals surface area contributed by atoms with Gasteiger partial charge in [0, 0.05) is 12.8 Å². The average Bonchev–Trinajstić information content (AvgIpc) is 2.36. The molecule has 0 saturated heterocycles. The number of esters is 1. The van der Waals surface area contributed by atoms with E-state index >= 15 is 0 Å². The summed E-state index contributed by atoms with van der Waals surface area (Å²) < 4.78 is 10.8. The van der Waals surface area contributed by atoms with Crippen LogP contribution in [0.15, 0.2) is 18.2 Å². The first kappa shape index (κ1) is 13.9. The fraction of sp³-hybridized carbons (Fsp3) is 0.533. The van der Waals surface area contributed by atoms with Crippen LogP contribution < -0.4 is 10.5 Å². The second-order valence-corrected chi connectivity index (χ2v) is 5.53. The SMILES string of the molecule is COc1cccc2c1C(=O)O[C@H]([C@@H]([NH3+])CC(C)C)C2. The van der Waals surface area contributed by atoms with Gasteiger partial charge in [0.2, 0.25) is 0 Å². The Hall–Kier alpha value is -1.55. The largest absolute Gasteiger partial charge is 0.496 e. The molecule has 0 aliphatic carbocycles. The molecule has 0 saturated carbocycles. The van der Waals surface area contributed by atoms with Crippen LogP contribution in [-0.4, -0.2) is 25.2 Å². The van der Waals surface area contributed by atoms with Crippen LogP contribution in [0.4, 0.5) is 0 Å². The Labute approximate surface area is 113 Å². The molecule has 19 heavy (non-hydrogen) atoms. The molecule has 0 bridgehead atoms. The molecule has 0 spiro atoms. The van der Waals surface area contributed by atoms with E-state index in [2.05, 4.69) is 19.6 Å². The average molecular weight is 264 g/mol. The van der Waals surface area contributed by atoms with Crippen molar-refractivity contribution in [3.05, 3.63) is 29.3 Å². The van der Waals surface area contributed by atoms with Crippen LogP contribution in [-0.2, 0) is 11.2 Å². The van der Waals surface area contributed by atoms with Crippen molar-refractivity contribution < 1.29 is 20.0 Å². The molecule has 1 aromatic rings. The van der Waals surface area contributed by atoms with E-state index in [1.165, 1.54) is 0 Å². The number of ether oxygens (including phenoxy) is 2. The molecular formula is C15H22NO3+. The zero-order chi connectivity index (χ0) is 14.0. The molecular weight excluding hydrogens is 242 g/mol. The third-order valence-corrected chi connectivity index (χ3v) is 3.52. The predicted molar refractivity (Wildman–Crippen MR) is 72.0 cm³/mol. The number of cyclic esters (lactones) is 1. The molecule has 0 amide bonds. The maximum absolute atomic E-state index is 12.1. The highest BCUT2D eigenvalue weighted by Gasteiger charge is 2.34. The Kier molecular flexibility index (Phi) is 4.10. The number of fused-ring (bicyclic) bond motifs is 1. The predicted octanol–water partition coefficient (Wildman–Crippen LogP) is 1.43. The maximum Gasteiger partial charge on any atom is 0.342 e. The Morgan fingerprint density at radius 1 is 1.47 bits per heavy atom. The van der Waals surface area contributed by atoms with Crippen molar-refractivity contribution in [3.63, 3.8) is 0 Å². The minimum absolute atomic E-state index is 0.128. The van der Waals surface area contributed by atoms with Gasteiger partial charge in [-0.2, -0.15) is 0 Å². The molecule has 1 aliphatic rings. The third-order valence-electron chi connectivity index (χ3n) is 3.52. The molecule has 2 rings (SSSR count). The van der Waals surface area contributed by atoms with E-state index in [4.69, 9.17) is 9.47 Å². The molecule has 4 heteroatoms. The molecule has 1 aliphatic heterocycles. The highest BCUT2D eigenvalue weighted by molar-refractivity contribution is 5.95. The van der Waals surface area contributed by atoms with Gasteiger partial charge in [-0.3, -0.25) is 0 Å². The van der Waals surface area contributed by atoms with Gasteiger partial charge in [-0.25, -0.2) is 4.79 Å². The van der Waals surface area contributed by atoms with E-state index in [1.54, 1.807) is 13.2 Å². The first-order valence-corrected chi connectivity index (χ1v) is 6.72. The number of carbonyl (C=O) groups is 1. The van der Waals surface area contributed by atoms with Gasteiger partial charge >= 0.3 is 5.97 Å². The zero-order valence-corrected chi connectivity index (χ0v) is 11.8. The van der Waals surface area contributed by atoms with Crippen LogP contribution >= 0.6 is 0 Å². The van der Waals surface area contributed by atoms with Crippen molar-refractivity contribution in [2.75, 3.05) is 7.11 Å². The molecule has 4 nitrogen and oxygen atoms in total. The number of methoxy groups -OCH3 is 1. The van der Waals surface area contributed by atoms with Crippen LogP contribution in [0, 0.1) is 5.92 Å². The zero-order valence-electron chi connectivity index (χ0n) is 11.8. The summed E-state index contributed by atoms with van der Waals surface area (Å²) in [7, 11) is 1.57. The summed E-state index contributed by atoms with van der Waals surface area (Å²) in [5, 5.41) is 0. The summed E-state index contributed by atoms with van der Waals surface area (Å²) in [6.45, 7) is 4.31. The van der Waals surface area contributed by atoms with Crippen molar-refractivity contribution >= 4 is 5.97 Å². The topological polar surface area (TPSA) is 63.2 Å². The Bertz CT molecular complexity index is 470. The number of rotatable bonds is 4. The summed E-state index contributed by atoms with van der Waals surface area (Å²) in [4.78, 5) is 12.1. The van der Waals surface area contributed by atoms with E-state index in [0.717, 1.165) is 18.4 Å². The fourth-order valence-electron chi connectivity index (χ4n) is 2.62. The summed E-state index contributed by atoms with van der Waals surface area (Å²) in [5.74, 6) is 0.847. The third kappa shape index (κ3) is 2.89. The summed E-state index contributed by atoms with van der Waals surface area (Å²) >= 11 is 0. The molecule has 1 aromatic carbocycles. The summed E-state index contributed by atoms with van der Waals surface area (Å²) in [5.41, 5.74) is 5.71. The summed E-state index contributed by atoms with van der Waals surface area (Å²) in [6.07, 6.45) is 1.55. The van der Waals surface area contributed by atoms with Crippen molar-refractivity contribution in [1.82, 2.24) is 0 Å². The lowest BCUT2D eigenvalue weighted by Crippen LogP contribution is -2.68. The van der Waals surface area contributed by atoms with E-state index in [-0.39, 0.29) is 18.1 Å². The van der Waals surface area contributed by atoms with Crippen molar-refractivity contribution in [1.29, 1.82) is 0 Å². The molecule has 0 radical (unpaired) electrons. The van der Waals surface area contributed by atoms with Gasteiger partial charge in [-0.1, -0.05) is 26.0 Å². The van der Waals surface area contributed by atoms with Crippen LogP contribution in [0.5, 0.6) is 5.75 Å². The van der Waals surface area contributed by atoms with Gasteiger partial charge in [0.05, 0.1) is 7.11 Å². The van der Waals surface area contributed by atoms with Gasteiger partial charge in [0.15, 0.2) is 6.10 Å². The van der Waals surface area contributed by atoms with Gasteiger partial charge in [-0.15, -0.1) is 0 Å². The smallest absolute Gasteiger partial charge is 0.342 e. The molecule has 1 heterocycles. The van der Waals surface area contributed by atoms with Gasteiger partial charge in [0.25, 0.3) is 0 Å². The van der Waals surface area contributed by atoms with Crippen LogP contribution in [0.25, 0.3) is 0 Å². The lowest BCUT2D eigenvalue weighted by Gasteiger charge is -2.28. The fourth-order valence-corrected chi connectivity index (χ4v) is 2.62. The normalized spacial score (nSPS) is 19.8. The molecule has 0 unspecified atom stereocenters. The molecule has 2 atom stereocenters. The highest BCUT2D eigenvalue weighted by Crippen LogP contribution is 2.30. The number of hydrogen-bond donors (Lipinski definition) is 1. The molecule has 0 aromatic heterocycles. The maximum atomic E-state index is 12.1. The summed E-state index contributed by atoms with van der Waals surface area (Å²) in [6, 6.07) is 5.79. The second-order valence-electron chi connectivity index (χ2n) is 5.53. The second kappa shape index (κ2) is 5.61. The first-order chi connectivity index (χ1) is 9.02. The molecule has 0 fully saturated rings. The van der Waals surface area contributed by atoms with Crippen LogP contribution in [0.3, 0.4) is 0 Å². The van der Waals surface area contributed by atoms with Crippen LogP contribution in [0.2, 0.25) is 0 Å². The van der Waals surface area contributed by atoms with Crippen LogP contribution in [0.1, 0.15) is 36.2 Å². The van der Waals surface area contributed by atoms with Crippen molar-refractivity contribution in [2.45, 2.75) is 38.8 Å². The van der Waals surface area contributed by atoms with E-state index in [9.17, 15) is 4.79 Å². The van der Waals surface area contributed by atoms with E-state index in [0.29, 0.717) is 17.2 Å². The number of quaternary nitrogens is 1. The first-order valence-electron chi connectivity index (χ1n) is 6.72. The van der Waals surface area contributed by atoms with Gasteiger partial charge in [0.1, 0.15) is 17.4 Å². The quantitative estimate of drug-likeness (QED) is 0.837. The van der Waals surface area contributed by atoms with E-state index in [1.807, 2.05) is 12.1 Å². The van der Waals surface area contributed by atoms with E-state index < -0.39 is 0 Å². The minimum Gasteiger partial charge on any atom is -0.496 e. The Morgan fingerprint density at radius 2 is 2.21 bits per heavy atom. The van der Waals surface area contributed by atoms with Gasteiger partial charge < -0.3 is 15.2 Å². The number of carbonyl (C=O) groups excluding carboxylic acids is 1. The molecule has 104 valence electrons. The molecule has 3 N–H and O–H groups in total. The van der Waals surface area contributed by atoms with Crippen molar-refractivity contribution in [3.8, 4) is 5.75 Å². The Morgan fingerprint density at radius 3 is 2.84 bits per heavy atom. The number of hydrogen-bond acceptors (Lipinski definition) is 3. The Balaban J connectivity index is 2.23. The highest BCUT2D eigenvalue weighted by atomic mass is 16.5. The standard InChI is InChI=1S/C15H21NO3/c1-9(2)7-11(16)13-8-10-5-4-6-12(18-3)14(10)15(17)19-13/h4-6,9,11,13H,7-8,16H2,1-3H3/p+1/t11-,13-/m0/s1. The van der Waals surface area contributed by atoms with Crippen molar-refractivity contribution in [2.24, 2.45) is 5.92 Å². The lowest BCUT2D eigenvalue weighted by molar-refractivity contribution is -0.440. The number of benzene rings is 1.